The number of aromatic nitrogens is 2. The number of allylic oxidation sites excluding steroid dienone is 2. The van der Waals surface area contributed by atoms with E-state index in [0.29, 0.717) is 22.9 Å². The van der Waals surface area contributed by atoms with Gasteiger partial charge in [-0.1, -0.05) is 12.1 Å². The Bertz CT molecular complexity index is 1230. The molecule has 2 aromatic carbocycles. The van der Waals surface area contributed by atoms with Gasteiger partial charge in [-0.25, -0.2) is 9.37 Å². The summed E-state index contributed by atoms with van der Waals surface area (Å²) in [7, 11) is 0. The van der Waals surface area contributed by atoms with E-state index < -0.39 is 28.2 Å². The molecule has 1 aromatic heterocycles. The van der Waals surface area contributed by atoms with Crippen LogP contribution in [-0.2, 0) is 6.18 Å². The molecule has 6 nitrogen and oxygen atoms in total. The fourth-order valence-corrected chi connectivity index (χ4v) is 3.45. The number of hydrogen-bond donors (Lipinski definition) is 0. The summed E-state index contributed by atoms with van der Waals surface area (Å²) in [4.78, 5) is 16.5. The number of fused-ring (bicyclic) bond motifs is 1. The first-order chi connectivity index (χ1) is 14.2. The van der Waals surface area contributed by atoms with Crippen LogP contribution in [0, 0.1) is 17.0 Å². The van der Waals surface area contributed by atoms with Crippen molar-refractivity contribution in [2.24, 2.45) is 0 Å². The van der Waals surface area contributed by atoms with Gasteiger partial charge >= 0.3 is 6.18 Å². The molecule has 2 heterocycles. The van der Waals surface area contributed by atoms with Gasteiger partial charge in [0, 0.05) is 18.7 Å². The lowest BCUT2D eigenvalue weighted by Crippen LogP contribution is -2.29. The maximum absolute atomic E-state index is 14.2. The Morgan fingerprint density at radius 1 is 1.17 bits per heavy atom. The Hall–Kier alpha value is -3.69. The molecule has 154 valence electrons. The van der Waals surface area contributed by atoms with Crippen LogP contribution in [0.25, 0.3) is 16.9 Å². The maximum atomic E-state index is 14.2. The van der Waals surface area contributed by atoms with Crippen molar-refractivity contribution in [2.75, 3.05) is 11.4 Å². The molecule has 3 aromatic rings. The average molecular weight is 418 g/mol. The monoisotopic (exact) mass is 418 g/mol. The van der Waals surface area contributed by atoms with Gasteiger partial charge in [-0.3, -0.25) is 14.7 Å². The number of anilines is 1. The maximum Gasteiger partial charge on any atom is 0.416 e. The Labute approximate surface area is 167 Å². The molecule has 0 unspecified atom stereocenters. The summed E-state index contributed by atoms with van der Waals surface area (Å²) in [6, 6.07) is 9.35. The topological polar surface area (TPSA) is 64.2 Å². The van der Waals surface area contributed by atoms with E-state index in [9.17, 15) is 27.7 Å². The van der Waals surface area contributed by atoms with Crippen molar-refractivity contribution in [3.8, 4) is 0 Å². The van der Waals surface area contributed by atoms with Gasteiger partial charge in [0.25, 0.3) is 5.69 Å². The molecule has 0 saturated carbocycles. The first kappa shape index (κ1) is 19.6. The number of aryl methyl sites for hydroxylation is 1. The first-order valence-corrected chi connectivity index (χ1v) is 8.82. The highest BCUT2D eigenvalue weighted by Crippen LogP contribution is 2.40. The molecule has 0 amide bonds. The molecule has 1 aliphatic rings. The van der Waals surface area contributed by atoms with E-state index in [1.807, 2.05) is 0 Å². The number of halogens is 4. The van der Waals surface area contributed by atoms with Crippen LogP contribution in [0.4, 0.5) is 28.9 Å². The number of imidazole rings is 1. The second-order valence-electron chi connectivity index (χ2n) is 6.64. The van der Waals surface area contributed by atoms with Crippen LogP contribution in [0.3, 0.4) is 0 Å². The molecular weight excluding hydrogens is 404 g/mol. The van der Waals surface area contributed by atoms with Gasteiger partial charge in [-0.15, -0.1) is 0 Å². The van der Waals surface area contributed by atoms with Crippen molar-refractivity contribution in [1.82, 2.24) is 9.55 Å². The van der Waals surface area contributed by atoms with Gasteiger partial charge in [0.2, 0.25) is 0 Å². The predicted molar refractivity (Wildman–Crippen MR) is 103 cm³/mol. The zero-order valence-corrected chi connectivity index (χ0v) is 15.5. The molecule has 1 aliphatic heterocycles. The Morgan fingerprint density at radius 2 is 1.90 bits per heavy atom. The summed E-state index contributed by atoms with van der Waals surface area (Å²) >= 11 is 0. The number of nitro benzene ring substituents is 1. The van der Waals surface area contributed by atoms with Gasteiger partial charge < -0.3 is 4.90 Å². The Morgan fingerprint density at radius 3 is 2.60 bits per heavy atom. The molecule has 0 fully saturated rings. The van der Waals surface area contributed by atoms with Crippen molar-refractivity contribution in [3.63, 3.8) is 0 Å². The largest absolute Gasteiger partial charge is 0.416 e. The summed E-state index contributed by atoms with van der Waals surface area (Å²) in [5, 5.41) is 11.6. The fraction of sp³-hybridized carbons (Fsp3) is 0.150. The van der Waals surface area contributed by atoms with E-state index in [-0.39, 0.29) is 18.1 Å². The van der Waals surface area contributed by atoms with E-state index >= 15 is 0 Å². The van der Waals surface area contributed by atoms with Crippen LogP contribution in [0.2, 0.25) is 0 Å². The van der Waals surface area contributed by atoms with Crippen molar-refractivity contribution in [2.45, 2.75) is 13.1 Å². The van der Waals surface area contributed by atoms with E-state index in [1.165, 1.54) is 17.1 Å². The molecule has 0 radical (unpaired) electrons. The number of nitro groups is 1. The number of para-hydroxylation sites is 2. The predicted octanol–water partition coefficient (Wildman–Crippen LogP) is 5.44. The first-order valence-electron chi connectivity index (χ1n) is 8.82. The van der Waals surface area contributed by atoms with E-state index in [1.54, 1.807) is 35.8 Å². The number of hydrogen-bond acceptors (Lipinski definition) is 4. The SMILES string of the molecule is Cc1nc2ccccc2n1C1=CC(F)=CCN1c1ccc(C(F)(F)F)cc1[N+](=O)[O-]. The summed E-state index contributed by atoms with van der Waals surface area (Å²) in [5.41, 5.74) is -0.677. The molecule has 0 atom stereocenters. The third-order valence-corrected chi connectivity index (χ3v) is 4.76. The highest BCUT2D eigenvalue weighted by molar-refractivity contribution is 5.86. The van der Waals surface area contributed by atoms with Gasteiger partial charge in [0.05, 0.1) is 21.5 Å². The highest BCUT2D eigenvalue weighted by Gasteiger charge is 2.35. The van der Waals surface area contributed by atoms with Crippen LogP contribution >= 0.6 is 0 Å². The average Bonchev–Trinajstić information content (AvgIpc) is 3.02. The molecule has 0 saturated heterocycles. The fourth-order valence-electron chi connectivity index (χ4n) is 3.45. The molecule has 0 N–H and O–H groups in total. The zero-order chi connectivity index (χ0) is 21.6. The minimum atomic E-state index is -4.73. The van der Waals surface area contributed by atoms with Crippen LogP contribution in [0.1, 0.15) is 11.4 Å². The van der Waals surface area contributed by atoms with Gasteiger partial charge in [-0.2, -0.15) is 13.2 Å². The van der Waals surface area contributed by atoms with Crippen LogP contribution in [0.15, 0.2) is 60.4 Å². The molecule has 30 heavy (non-hydrogen) atoms. The summed E-state index contributed by atoms with van der Waals surface area (Å²) in [6.45, 7) is 1.59. The van der Waals surface area contributed by atoms with Crippen molar-refractivity contribution < 1.29 is 22.5 Å². The Balaban J connectivity index is 1.92. The zero-order valence-electron chi connectivity index (χ0n) is 15.5. The van der Waals surface area contributed by atoms with Crippen molar-refractivity contribution in [1.29, 1.82) is 0 Å². The smallest absolute Gasteiger partial charge is 0.318 e. The second kappa shape index (κ2) is 6.97. The van der Waals surface area contributed by atoms with E-state index in [0.717, 1.165) is 12.1 Å². The van der Waals surface area contributed by atoms with Crippen molar-refractivity contribution >= 4 is 28.2 Å². The molecule has 0 bridgehead atoms. The molecule has 0 spiro atoms. The number of nitrogens with zero attached hydrogens (tertiary/aromatic N) is 4. The molecule has 0 aliphatic carbocycles. The lowest BCUT2D eigenvalue weighted by Gasteiger charge is -2.30. The third-order valence-electron chi connectivity index (χ3n) is 4.76. The van der Waals surface area contributed by atoms with Crippen LogP contribution in [0.5, 0.6) is 0 Å². The van der Waals surface area contributed by atoms with Crippen LogP contribution < -0.4 is 4.90 Å². The van der Waals surface area contributed by atoms with Gasteiger partial charge in [-0.05, 0) is 37.3 Å². The third kappa shape index (κ3) is 3.30. The highest BCUT2D eigenvalue weighted by atomic mass is 19.4. The van der Waals surface area contributed by atoms with Gasteiger partial charge in [0.15, 0.2) is 0 Å². The van der Waals surface area contributed by atoms with E-state index in [4.69, 9.17) is 0 Å². The standard InChI is InChI=1S/C20H14F4N4O2/c1-12-25-15-4-2-3-5-16(15)27(12)19-11-14(21)8-9-26(19)17-7-6-13(20(22,23)24)10-18(17)28(29)30/h2-8,10-11H,9H2,1H3. The van der Waals surface area contributed by atoms with E-state index in [2.05, 4.69) is 4.98 Å². The summed E-state index contributed by atoms with van der Waals surface area (Å²) in [6.07, 6.45) is -2.36. The number of alkyl halides is 3. The van der Waals surface area contributed by atoms with Crippen molar-refractivity contribution in [3.05, 3.63) is 81.9 Å². The quantitative estimate of drug-likeness (QED) is 0.323. The molecule has 10 heteroatoms. The van der Waals surface area contributed by atoms with Crippen LogP contribution in [-0.4, -0.2) is 21.0 Å². The molecule has 4 rings (SSSR count). The Kier molecular flexibility index (Phi) is 4.56. The lowest BCUT2D eigenvalue weighted by molar-refractivity contribution is -0.384. The number of rotatable bonds is 3. The summed E-state index contributed by atoms with van der Waals surface area (Å²) in [5.74, 6) is 0.147. The normalized spacial score (nSPS) is 14.6. The minimum absolute atomic E-state index is 0.0832. The number of benzene rings is 2. The molecular formula is C20H14F4N4O2. The minimum Gasteiger partial charge on any atom is -0.318 e. The van der Waals surface area contributed by atoms with Gasteiger partial charge in [0.1, 0.15) is 23.2 Å². The lowest BCUT2D eigenvalue weighted by atomic mass is 10.1. The summed E-state index contributed by atoms with van der Waals surface area (Å²) < 4.78 is 55.0. The second-order valence-corrected chi connectivity index (χ2v) is 6.64.